The van der Waals surface area contributed by atoms with Gasteiger partial charge in [-0.05, 0) is 30.3 Å². The SMILES string of the molecule is N#Cc1ccc(OCn2nnc3ccccc3c2=O)c(Cl)c1. The lowest BCUT2D eigenvalue weighted by Gasteiger charge is -2.09. The second-order valence-electron chi connectivity index (χ2n) is 4.44. The van der Waals surface area contributed by atoms with Gasteiger partial charge in [-0.1, -0.05) is 28.9 Å². The van der Waals surface area contributed by atoms with Gasteiger partial charge in [0.2, 0.25) is 0 Å². The molecule has 0 saturated carbocycles. The second-order valence-corrected chi connectivity index (χ2v) is 4.85. The third-order valence-corrected chi connectivity index (χ3v) is 3.33. The first-order valence-electron chi connectivity index (χ1n) is 6.34. The van der Waals surface area contributed by atoms with Gasteiger partial charge in [-0.25, -0.2) is 0 Å². The molecule has 22 heavy (non-hydrogen) atoms. The van der Waals surface area contributed by atoms with Gasteiger partial charge >= 0.3 is 0 Å². The number of hydrogen-bond donors (Lipinski definition) is 0. The van der Waals surface area contributed by atoms with Gasteiger partial charge in [0.15, 0.2) is 6.73 Å². The van der Waals surface area contributed by atoms with Gasteiger partial charge in [0, 0.05) is 0 Å². The van der Waals surface area contributed by atoms with E-state index in [2.05, 4.69) is 10.3 Å². The number of nitriles is 1. The van der Waals surface area contributed by atoms with Crippen molar-refractivity contribution in [1.29, 1.82) is 5.26 Å². The van der Waals surface area contributed by atoms with Crippen molar-refractivity contribution >= 4 is 22.5 Å². The summed E-state index contributed by atoms with van der Waals surface area (Å²) in [6.07, 6.45) is 0. The smallest absolute Gasteiger partial charge is 0.280 e. The van der Waals surface area contributed by atoms with E-state index in [0.29, 0.717) is 27.2 Å². The van der Waals surface area contributed by atoms with Crippen LogP contribution in [0, 0.1) is 11.3 Å². The molecule has 108 valence electrons. The first kappa shape index (κ1) is 14.0. The summed E-state index contributed by atoms with van der Waals surface area (Å²) in [4.78, 5) is 12.2. The maximum atomic E-state index is 12.2. The van der Waals surface area contributed by atoms with Gasteiger partial charge in [0.05, 0.1) is 22.0 Å². The van der Waals surface area contributed by atoms with Gasteiger partial charge in [-0.15, -0.1) is 5.10 Å². The molecule has 0 saturated heterocycles. The van der Waals surface area contributed by atoms with Crippen molar-refractivity contribution < 1.29 is 4.74 Å². The number of nitrogens with zero attached hydrogens (tertiary/aromatic N) is 4. The topological polar surface area (TPSA) is 80.8 Å². The molecule has 0 amide bonds. The van der Waals surface area contributed by atoms with Crippen molar-refractivity contribution in [3.05, 3.63) is 63.4 Å². The Kier molecular flexibility index (Phi) is 3.73. The molecule has 1 heterocycles. The third-order valence-electron chi connectivity index (χ3n) is 3.03. The molecule has 0 aliphatic carbocycles. The van der Waals surface area contributed by atoms with Crippen molar-refractivity contribution in [3.63, 3.8) is 0 Å². The number of hydrogen-bond acceptors (Lipinski definition) is 5. The molecule has 0 fully saturated rings. The number of ether oxygens (including phenoxy) is 1. The summed E-state index contributed by atoms with van der Waals surface area (Å²) in [7, 11) is 0. The number of halogens is 1. The molecular formula is C15H9ClN4O2. The van der Waals surface area contributed by atoms with Crippen molar-refractivity contribution in [1.82, 2.24) is 15.0 Å². The van der Waals surface area contributed by atoms with Crippen LogP contribution in [0.3, 0.4) is 0 Å². The fourth-order valence-electron chi connectivity index (χ4n) is 1.93. The van der Waals surface area contributed by atoms with Crippen molar-refractivity contribution in [2.75, 3.05) is 0 Å². The van der Waals surface area contributed by atoms with Crippen molar-refractivity contribution in [2.45, 2.75) is 6.73 Å². The lowest BCUT2D eigenvalue weighted by molar-refractivity contribution is 0.211. The van der Waals surface area contributed by atoms with E-state index in [1.165, 1.54) is 6.07 Å². The lowest BCUT2D eigenvalue weighted by Crippen LogP contribution is -2.26. The maximum Gasteiger partial charge on any atom is 0.280 e. The summed E-state index contributed by atoms with van der Waals surface area (Å²) >= 11 is 6.01. The van der Waals surface area contributed by atoms with E-state index in [-0.39, 0.29) is 12.3 Å². The van der Waals surface area contributed by atoms with Gasteiger partial charge < -0.3 is 4.74 Å². The Bertz CT molecular complexity index is 946. The van der Waals surface area contributed by atoms with Crippen LogP contribution in [0.15, 0.2) is 47.3 Å². The average molecular weight is 313 g/mol. The minimum atomic E-state index is -0.296. The highest BCUT2D eigenvalue weighted by Crippen LogP contribution is 2.25. The van der Waals surface area contributed by atoms with E-state index < -0.39 is 0 Å². The van der Waals surface area contributed by atoms with Gasteiger partial charge in [-0.3, -0.25) is 4.79 Å². The Labute approximate surface area is 130 Å². The summed E-state index contributed by atoms with van der Waals surface area (Å²) in [6.45, 7) is -0.123. The fourth-order valence-corrected chi connectivity index (χ4v) is 2.16. The molecule has 3 rings (SSSR count). The molecule has 0 spiro atoms. The molecule has 3 aromatic rings. The van der Waals surface area contributed by atoms with E-state index in [1.807, 2.05) is 6.07 Å². The van der Waals surface area contributed by atoms with Crippen molar-refractivity contribution in [2.24, 2.45) is 0 Å². The zero-order chi connectivity index (χ0) is 15.5. The van der Waals surface area contributed by atoms with Gasteiger partial charge in [0.25, 0.3) is 5.56 Å². The van der Waals surface area contributed by atoms with Crippen LogP contribution in [0.25, 0.3) is 10.9 Å². The Morgan fingerprint density at radius 1 is 1.27 bits per heavy atom. The fraction of sp³-hybridized carbons (Fsp3) is 0.0667. The predicted molar refractivity (Wildman–Crippen MR) is 80.6 cm³/mol. The highest BCUT2D eigenvalue weighted by atomic mass is 35.5. The van der Waals surface area contributed by atoms with Crippen LogP contribution in [0.5, 0.6) is 5.75 Å². The van der Waals surface area contributed by atoms with E-state index in [4.69, 9.17) is 21.6 Å². The van der Waals surface area contributed by atoms with Gasteiger partial charge in [0.1, 0.15) is 11.3 Å². The normalized spacial score (nSPS) is 10.4. The standard InChI is InChI=1S/C15H9ClN4O2/c16-12-7-10(8-17)5-6-14(12)22-9-20-15(21)11-3-1-2-4-13(11)18-19-20/h1-7H,9H2. The highest BCUT2D eigenvalue weighted by molar-refractivity contribution is 6.32. The minimum absolute atomic E-state index is 0.123. The quantitative estimate of drug-likeness (QED) is 0.741. The molecular weight excluding hydrogens is 304 g/mol. The van der Waals surface area contributed by atoms with Crippen LogP contribution in [0.1, 0.15) is 5.56 Å². The zero-order valence-electron chi connectivity index (χ0n) is 11.2. The Hall–Kier alpha value is -2.91. The molecule has 7 heteroatoms. The Morgan fingerprint density at radius 2 is 2.09 bits per heavy atom. The first-order valence-corrected chi connectivity index (χ1v) is 6.72. The van der Waals surface area contributed by atoms with E-state index in [0.717, 1.165) is 4.68 Å². The molecule has 0 radical (unpaired) electrons. The summed E-state index contributed by atoms with van der Waals surface area (Å²) in [5.74, 6) is 0.363. The number of aromatic nitrogens is 3. The van der Waals surface area contributed by atoms with Crippen LogP contribution in [-0.2, 0) is 6.73 Å². The first-order chi connectivity index (χ1) is 10.7. The van der Waals surface area contributed by atoms with Crippen LogP contribution in [-0.4, -0.2) is 15.0 Å². The van der Waals surface area contributed by atoms with Crippen molar-refractivity contribution in [3.8, 4) is 11.8 Å². The molecule has 2 aromatic carbocycles. The lowest BCUT2D eigenvalue weighted by atomic mass is 10.2. The van der Waals surface area contributed by atoms with Crippen LogP contribution in [0.2, 0.25) is 5.02 Å². The summed E-state index contributed by atoms with van der Waals surface area (Å²) < 4.78 is 6.58. The minimum Gasteiger partial charge on any atom is -0.469 e. The zero-order valence-corrected chi connectivity index (χ0v) is 12.0. The van der Waals surface area contributed by atoms with Gasteiger partial charge in [-0.2, -0.15) is 9.94 Å². The third kappa shape index (κ3) is 2.62. The number of rotatable bonds is 3. The van der Waals surface area contributed by atoms with Crippen LogP contribution in [0.4, 0.5) is 0 Å². The summed E-state index contributed by atoms with van der Waals surface area (Å²) in [5.41, 5.74) is 0.663. The summed E-state index contributed by atoms with van der Waals surface area (Å²) in [6, 6.07) is 13.6. The van der Waals surface area contributed by atoms with Crippen LogP contribution >= 0.6 is 11.6 Å². The molecule has 0 atom stereocenters. The Morgan fingerprint density at radius 3 is 2.86 bits per heavy atom. The van der Waals surface area contributed by atoms with E-state index in [1.54, 1.807) is 36.4 Å². The monoisotopic (exact) mass is 312 g/mol. The average Bonchev–Trinajstić information content (AvgIpc) is 2.55. The van der Waals surface area contributed by atoms with E-state index >= 15 is 0 Å². The number of benzene rings is 2. The molecule has 0 bridgehead atoms. The van der Waals surface area contributed by atoms with E-state index in [9.17, 15) is 4.79 Å². The number of fused-ring (bicyclic) bond motifs is 1. The summed E-state index contributed by atoms with van der Waals surface area (Å²) in [5, 5.41) is 17.3. The highest BCUT2D eigenvalue weighted by Gasteiger charge is 2.07. The molecule has 0 aliphatic rings. The predicted octanol–water partition coefficient (Wildman–Crippen LogP) is 2.35. The molecule has 1 aromatic heterocycles. The molecule has 6 nitrogen and oxygen atoms in total. The largest absolute Gasteiger partial charge is 0.469 e. The molecule has 0 unspecified atom stereocenters. The second kappa shape index (κ2) is 5.84. The van der Waals surface area contributed by atoms with Crippen LogP contribution < -0.4 is 10.3 Å². The Balaban J connectivity index is 1.87. The molecule has 0 aliphatic heterocycles. The maximum absolute atomic E-state index is 12.2. The molecule has 0 N–H and O–H groups in total.